The number of hydrogen-bond acceptors (Lipinski definition) is 2. The predicted molar refractivity (Wildman–Crippen MR) is 94.3 cm³/mol. The van der Waals surface area contributed by atoms with Gasteiger partial charge in [-0.25, -0.2) is 4.79 Å². The van der Waals surface area contributed by atoms with E-state index in [1.54, 1.807) is 11.8 Å². The Balaban J connectivity index is 1.57. The minimum Gasteiger partial charge on any atom is -0.337 e. The molecule has 0 radical (unpaired) electrons. The summed E-state index contributed by atoms with van der Waals surface area (Å²) in [5, 5.41) is 6.32. The van der Waals surface area contributed by atoms with Crippen LogP contribution in [0.1, 0.15) is 11.1 Å². The van der Waals surface area contributed by atoms with Gasteiger partial charge in [0, 0.05) is 29.6 Å². The molecule has 0 aliphatic heterocycles. The largest absolute Gasteiger partial charge is 0.337 e. The van der Waals surface area contributed by atoms with Gasteiger partial charge >= 0.3 is 6.03 Å². The van der Waals surface area contributed by atoms with E-state index in [2.05, 4.69) is 22.8 Å². The molecule has 2 aromatic carbocycles. The summed E-state index contributed by atoms with van der Waals surface area (Å²) in [4.78, 5) is 11.7. The molecule has 3 nitrogen and oxygen atoms in total. The Morgan fingerprint density at radius 2 is 1.73 bits per heavy atom. The van der Waals surface area contributed by atoms with Crippen molar-refractivity contribution in [1.29, 1.82) is 0 Å². The van der Waals surface area contributed by atoms with Crippen LogP contribution in [-0.4, -0.2) is 18.3 Å². The number of carbonyl (C=O) groups is 1. The Hall–Kier alpha value is -1.65. The molecule has 2 N–H and O–H groups in total. The van der Waals surface area contributed by atoms with Gasteiger partial charge in [-0.15, -0.1) is 0 Å². The lowest BCUT2D eigenvalue weighted by atomic mass is 10.2. The van der Waals surface area contributed by atoms with Crippen molar-refractivity contribution in [3.63, 3.8) is 0 Å². The third-order valence-corrected chi connectivity index (χ3v) is 4.44. The number of amides is 2. The van der Waals surface area contributed by atoms with Crippen LogP contribution in [-0.2, 0) is 12.3 Å². The van der Waals surface area contributed by atoms with E-state index in [1.807, 2.05) is 42.5 Å². The topological polar surface area (TPSA) is 41.1 Å². The van der Waals surface area contributed by atoms with Crippen LogP contribution in [0.5, 0.6) is 0 Å². The fraction of sp³-hybridized carbons (Fsp3) is 0.235. The first-order valence-corrected chi connectivity index (χ1v) is 8.66. The molecule has 0 saturated carbocycles. The summed E-state index contributed by atoms with van der Waals surface area (Å²) in [5.74, 6) is 1.85. The molecule has 2 aromatic rings. The monoisotopic (exact) mass is 334 g/mol. The number of thioether (sulfide) groups is 1. The lowest BCUT2D eigenvalue weighted by Crippen LogP contribution is -2.36. The van der Waals surface area contributed by atoms with Gasteiger partial charge < -0.3 is 10.6 Å². The van der Waals surface area contributed by atoms with Crippen LogP contribution >= 0.6 is 23.4 Å². The van der Waals surface area contributed by atoms with E-state index in [1.165, 1.54) is 5.56 Å². The summed E-state index contributed by atoms with van der Waals surface area (Å²) in [6.45, 7) is 1.08. The Morgan fingerprint density at radius 3 is 2.50 bits per heavy atom. The Labute approximate surface area is 140 Å². The maximum absolute atomic E-state index is 11.7. The summed E-state index contributed by atoms with van der Waals surface area (Å²) in [5.41, 5.74) is 2.22. The average Bonchev–Trinajstić information content (AvgIpc) is 2.55. The molecule has 2 rings (SSSR count). The second-order valence-corrected chi connectivity index (χ2v) is 6.25. The van der Waals surface area contributed by atoms with Gasteiger partial charge in [-0.05, 0) is 17.2 Å². The van der Waals surface area contributed by atoms with Gasteiger partial charge in [0.25, 0.3) is 0 Å². The highest BCUT2D eigenvalue weighted by Gasteiger charge is 2.02. The normalized spacial score (nSPS) is 10.2. The number of benzene rings is 2. The number of halogens is 1. The molecule has 0 bridgehead atoms. The third kappa shape index (κ3) is 6.00. The molecule has 0 spiro atoms. The molecule has 0 saturated heterocycles. The second kappa shape index (κ2) is 9.38. The summed E-state index contributed by atoms with van der Waals surface area (Å²) in [7, 11) is 0. The van der Waals surface area contributed by atoms with E-state index in [9.17, 15) is 4.79 Å². The van der Waals surface area contributed by atoms with Crippen molar-refractivity contribution >= 4 is 29.4 Å². The molecule has 0 aliphatic carbocycles. The quantitative estimate of drug-likeness (QED) is 0.749. The molecule has 116 valence electrons. The predicted octanol–water partition coefficient (Wildman–Crippen LogP) is 4.07. The molecule has 2 amide bonds. The van der Waals surface area contributed by atoms with Gasteiger partial charge in [-0.2, -0.15) is 11.8 Å². The number of hydrogen-bond donors (Lipinski definition) is 2. The lowest BCUT2D eigenvalue weighted by Gasteiger charge is -2.08. The zero-order chi connectivity index (χ0) is 15.6. The van der Waals surface area contributed by atoms with Crippen molar-refractivity contribution in [2.75, 3.05) is 12.3 Å². The van der Waals surface area contributed by atoms with Crippen LogP contribution in [0.25, 0.3) is 0 Å². The molecule has 0 aliphatic rings. The highest BCUT2D eigenvalue weighted by atomic mass is 35.5. The van der Waals surface area contributed by atoms with E-state index >= 15 is 0 Å². The minimum absolute atomic E-state index is 0.166. The molecule has 22 heavy (non-hydrogen) atoms. The standard InChI is InChI=1S/C17H19ClN2OS/c18-16-9-5-4-8-15(16)12-20-17(21)19-10-11-22-13-14-6-2-1-3-7-14/h1-9H,10-13H2,(H2,19,20,21). The van der Waals surface area contributed by atoms with Gasteiger partial charge in [0.2, 0.25) is 0 Å². The van der Waals surface area contributed by atoms with E-state index in [4.69, 9.17) is 11.6 Å². The molecule has 0 heterocycles. The van der Waals surface area contributed by atoms with Gasteiger partial charge in [-0.1, -0.05) is 60.1 Å². The first kappa shape index (κ1) is 16.7. The van der Waals surface area contributed by atoms with Crippen molar-refractivity contribution in [2.24, 2.45) is 0 Å². The van der Waals surface area contributed by atoms with E-state index in [0.717, 1.165) is 17.1 Å². The smallest absolute Gasteiger partial charge is 0.315 e. The van der Waals surface area contributed by atoms with E-state index in [0.29, 0.717) is 18.1 Å². The number of carbonyl (C=O) groups excluding carboxylic acids is 1. The van der Waals surface area contributed by atoms with E-state index in [-0.39, 0.29) is 6.03 Å². The number of nitrogens with one attached hydrogen (secondary N) is 2. The van der Waals surface area contributed by atoms with Gasteiger partial charge in [0.15, 0.2) is 0 Å². The molecule has 0 atom stereocenters. The zero-order valence-corrected chi connectivity index (χ0v) is 13.8. The van der Waals surface area contributed by atoms with Crippen LogP contribution in [0.3, 0.4) is 0 Å². The first-order valence-electron chi connectivity index (χ1n) is 7.12. The van der Waals surface area contributed by atoms with Crippen LogP contribution < -0.4 is 10.6 Å². The molecular weight excluding hydrogens is 316 g/mol. The first-order chi connectivity index (χ1) is 10.8. The van der Waals surface area contributed by atoms with Crippen LogP contribution in [0, 0.1) is 0 Å². The van der Waals surface area contributed by atoms with Crippen molar-refractivity contribution in [3.05, 3.63) is 70.7 Å². The lowest BCUT2D eigenvalue weighted by molar-refractivity contribution is 0.241. The highest BCUT2D eigenvalue weighted by molar-refractivity contribution is 7.98. The van der Waals surface area contributed by atoms with Crippen molar-refractivity contribution in [3.8, 4) is 0 Å². The summed E-state index contributed by atoms with van der Waals surface area (Å²) in [6, 6.07) is 17.6. The fourth-order valence-electron chi connectivity index (χ4n) is 1.88. The average molecular weight is 335 g/mol. The molecule has 0 aromatic heterocycles. The fourth-order valence-corrected chi connectivity index (χ4v) is 2.90. The Kier molecular flexibility index (Phi) is 7.13. The number of rotatable bonds is 7. The SMILES string of the molecule is O=C(NCCSCc1ccccc1)NCc1ccccc1Cl. The summed E-state index contributed by atoms with van der Waals surface area (Å²) >= 11 is 7.84. The second-order valence-electron chi connectivity index (χ2n) is 4.74. The van der Waals surface area contributed by atoms with E-state index < -0.39 is 0 Å². The Bertz CT molecular complexity index is 592. The van der Waals surface area contributed by atoms with Crippen molar-refractivity contribution in [2.45, 2.75) is 12.3 Å². The van der Waals surface area contributed by atoms with Crippen molar-refractivity contribution < 1.29 is 4.79 Å². The molecule has 5 heteroatoms. The molecular formula is C17H19ClN2OS. The third-order valence-electron chi connectivity index (χ3n) is 3.04. The van der Waals surface area contributed by atoms with Gasteiger partial charge in [-0.3, -0.25) is 0 Å². The Morgan fingerprint density at radius 1 is 1.00 bits per heavy atom. The molecule has 0 fully saturated rings. The summed E-state index contributed by atoms with van der Waals surface area (Å²) in [6.07, 6.45) is 0. The summed E-state index contributed by atoms with van der Waals surface area (Å²) < 4.78 is 0. The molecule has 0 unspecified atom stereocenters. The maximum atomic E-state index is 11.7. The highest BCUT2D eigenvalue weighted by Crippen LogP contribution is 2.14. The van der Waals surface area contributed by atoms with Crippen LogP contribution in [0.15, 0.2) is 54.6 Å². The van der Waals surface area contributed by atoms with Crippen LogP contribution in [0.2, 0.25) is 5.02 Å². The van der Waals surface area contributed by atoms with Gasteiger partial charge in [0.1, 0.15) is 0 Å². The van der Waals surface area contributed by atoms with Gasteiger partial charge in [0.05, 0.1) is 0 Å². The maximum Gasteiger partial charge on any atom is 0.315 e. The van der Waals surface area contributed by atoms with Crippen LogP contribution in [0.4, 0.5) is 4.79 Å². The number of urea groups is 1. The zero-order valence-electron chi connectivity index (χ0n) is 12.2. The minimum atomic E-state index is -0.166. The van der Waals surface area contributed by atoms with Crippen molar-refractivity contribution in [1.82, 2.24) is 10.6 Å².